The van der Waals surface area contributed by atoms with Crippen LogP contribution in [-0.4, -0.2) is 12.3 Å². The molecule has 2 aromatic rings. The maximum Gasteiger partial charge on any atom is 0.573 e. The third-order valence-corrected chi connectivity index (χ3v) is 8.70. The van der Waals surface area contributed by atoms with Crippen molar-refractivity contribution in [3.05, 3.63) is 65.7 Å². The Hall–Kier alpha value is -2.50. The van der Waals surface area contributed by atoms with Gasteiger partial charge in [0.1, 0.15) is 5.75 Å². The van der Waals surface area contributed by atoms with Gasteiger partial charge >= 0.3 is 6.36 Å². The van der Waals surface area contributed by atoms with E-state index in [0.29, 0.717) is 18.3 Å². The third kappa shape index (κ3) is 4.24. The highest BCUT2D eigenvalue weighted by Crippen LogP contribution is 2.65. The molecule has 33 heavy (non-hydrogen) atoms. The zero-order chi connectivity index (χ0) is 23.2. The Morgan fingerprint density at radius 2 is 1.55 bits per heavy atom. The van der Waals surface area contributed by atoms with Crippen molar-refractivity contribution in [2.75, 3.05) is 0 Å². The number of amides is 1. The maximum absolute atomic E-state index is 13.2. The fourth-order valence-electron chi connectivity index (χ4n) is 7.21. The molecule has 4 fully saturated rings. The van der Waals surface area contributed by atoms with Gasteiger partial charge in [0.15, 0.2) is 0 Å². The van der Waals surface area contributed by atoms with Crippen molar-refractivity contribution in [3.8, 4) is 5.75 Å². The van der Waals surface area contributed by atoms with Gasteiger partial charge in [-0.3, -0.25) is 4.79 Å². The van der Waals surface area contributed by atoms with Crippen LogP contribution < -0.4 is 10.1 Å². The van der Waals surface area contributed by atoms with Gasteiger partial charge in [0.2, 0.25) is 5.91 Å². The molecule has 1 amide bonds. The summed E-state index contributed by atoms with van der Waals surface area (Å²) in [5, 5.41) is 3.03. The van der Waals surface area contributed by atoms with Crippen LogP contribution in [0.3, 0.4) is 0 Å². The molecule has 0 spiro atoms. The fraction of sp³-hybridized carbons (Fsp3) is 0.519. The van der Waals surface area contributed by atoms with Gasteiger partial charge in [0.25, 0.3) is 0 Å². The SMILES string of the molecule is CC1C2CC3CC1CC(C2)C3(CC(=O)NCc1ccc(OC(F)(F)F)cc1)c1ccccc1. The molecule has 0 aromatic heterocycles. The Balaban J connectivity index is 1.30. The highest BCUT2D eigenvalue weighted by Gasteiger charge is 2.60. The van der Waals surface area contributed by atoms with Gasteiger partial charge in [-0.2, -0.15) is 0 Å². The van der Waals surface area contributed by atoms with Crippen molar-refractivity contribution in [1.29, 1.82) is 0 Å². The number of rotatable bonds is 6. The minimum absolute atomic E-state index is 0.00925. The zero-order valence-electron chi connectivity index (χ0n) is 18.8. The summed E-state index contributed by atoms with van der Waals surface area (Å²) in [6.45, 7) is 2.70. The van der Waals surface area contributed by atoms with E-state index in [1.807, 2.05) is 6.07 Å². The van der Waals surface area contributed by atoms with E-state index in [4.69, 9.17) is 0 Å². The predicted molar refractivity (Wildman–Crippen MR) is 119 cm³/mol. The van der Waals surface area contributed by atoms with E-state index < -0.39 is 6.36 Å². The normalized spacial score (nSPS) is 32.5. The quantitative estimate of drug-likeness (QED) is 0.558. The number of hydrogen-bond donors (Lipinski definition) is 1. The molecule has 1 N–H and O–H groups in total. The molecular formula is C27H30F3NO2. The number of ether oxygens (including phenoxy) is 1. The van der Waals surface area contributed by atoms with Crippen molar-refractivity contribution >= 4 is 5.91 Å². The van der Waals surface area contributed by atoms with Crippen LogP contribution in [-0.2, 0) is 16.8 Å². The number of benzene rings is 2. The van der Waals surface area contributed by atoms with E-state index in [1.54, 1.807) is 12.1 Å². The monoisotopic (exact) mass is 457 g/mol. The largest absolute Gasteiger partial charge is 0.573 e. The predicted octanol–water partition coefficient (Wildman–Crippen LogP) is 6.23. The lowest BCUT2D eigenvalue weighted by Crippen LogP contribution is -2.59. The molecule has 0 unspecified atom stereocenters. The molecule has 0 radical (unpaired) electrons. The second-order valence-electron chi connectivity index (χ2n) is 10.3. The first-order valence-electron chi connectivity index (χ1n) is 11.9. The topological polar surface area (TPSA) is 38.3 Å². The molecule has 2 aromatic carbocycles. The van der Waals surface area contributed by atoms with E-state index in [9.17, 15) is 18.0 Å². The highest BCUT2D eigenvalue weighted by atomic mass is 19.4. The lowest BCUT2D eigenvalue weighted by atomic mass is 9.41. The Labute approximate surface area is 192 Å². The molecule has 0 aliphatic heterocycles. The van der Waals surface area contributed by atoms with E-state index in [0.717, 1.165) is 23.3 Å². The summed E-state index contributed by atoms with van der Waals surface area (Å²) in [4.78, 5) is 13.2. The number of carbonyl (C=O) groups is 1. The summed E-state index contributed by atoms with van der Waals surface area (Å²) >= 11 is 0. The summed E-state index contributed by atoms with van der Waals surface area (Å²) in [7, 11) is 0. The maximum atomic E-state index is 13.2. The van der Waals surface area contributed by atoms with Gasteiger partial charge in [0.05, 0.1) is 0 Å². The highest BCUT2D eigenvalue weighted by molar-refractivity contribution is 5.78. The molecule has 6 rings (SSSR count). The Kier molecular flexibility index (Phi) is 5.66. The van der Waals surface area contributed by atoms with Crippen LogP contribution in [0.2, 0.25) is 0 Å². The average Bonchev–Trinajstić information content (AvgIpc) is 2.77. The van der Waals surface area contributed by atoms with Crippen LogP contribution in [0.25, 0.3) is 0 Å². The summed E-state index contributed by atoms with van der Waals surface area (Å²) in [6, 6.07) is 16.2. The van der Waals surface area contributed by atoms with Gasteiger partial charge in [-0.15, -0.1) is 13.2 Å². The fourth-order valence-corrected chi connectivity index (χ4v) is 7.21. The molecule has 4 aliphatic carbocycles. The van der Waals surface area contributed by atoms with Gasteiger partial charge in [0, 0.05) is 18.4 Å². The second kappa shape index (κ2) is 8.37. The standard InChI is InChI=1S/C27H30F3NO2/c1-17-19-11-22-13-20(17)14-23(12-19)26(22,21-5-3-2-4-6-21)15-25(32)31-16-18-7-9-24(10-8-18)33-27(28,29)30/h2-10,17,19-20,22-23H,11-16H2,1H3,(H,31,32). The molecule has 176 valence electrons. The summed E-state index contributed by atoms with van der Waals surface area (Å²) in [6.07, 6.45) is 0.579. The van der Waals surface area contributed by atoms with Crippen LogP contribution in [0.1, 0.15) is 50.2 Å². The smallest absolute Gasteiger partial charge is 0.406 e. The van der Waals surface area contributed by atoms with Crippen LogP contribution in [0, 0.1) is 29.6 Å². The minimum atomic E-state index is -4.71. The summed E-state index contributed by atoms with van der Waals surface area (Å²) < 4.78 is 41.0. The molecule has 0 saturated heterocycles. The van der Waals surface area contributed by atoms with E-state index in [1.165, 1.54) is 43.4 Å². The Morgan fingerprint density at radius 3 is 2.09 bits per heavy atom. The van der Waals surface area contributed by atoms with Crippen molar-refractivity contribution in [2.24, 2.45) is 29.6 Å². The average molecular weight is 458 g/mol. The van der Waals surface area contributed by atoms with Crippen LogP contribution >= 0.6 is 0 Å². The zero-order valence-corrected chi connectivity index (χ0v) is 18.8. The van der Waals surface area contributed by atoms with Crippen LogP contribution in [0.5, 0.6) is 5.75 Å². The van der Waals surface area contributed by atoms with Gasteiger partial charge in [-0.1, -0.05) is 49.4 Å². The molecule has 4 aliphatic rings. The van der Waals surface area contributed by atoms with Crippen molar-refractivity contribution in [1.82, 2.24) is 5.32 Å². The Morgan fingerprint density at radius 1 is 0.970 bits per heavy atom. The van der Waals surface area contributed by atoms with Gasteiger partial charge in [-0.05, 0) is 78.5 Å². The first kappa shape index (κ1) is 22.3. The molecule has 6 heteroatoms. The summed E-state index contributed by atoms with van der Waals surface area (Å²) in [5.74, 6) is 3.17. The minimum Gasteiger partial charge on any atom is -0.406 e. The van der Waals surface area contributed by atoms with Crippen molar-refractivity contribution in [3.63, 3.8) is 0 Å². The number of alkyl halides is 3. The Bertz CT molecular complexity index is 957. The molecule has 0 heterocycles. The third-order valence-electron chi connectivity index (χ3n) is 8.70. The van der Waals surface area contributed by atoms with Crippen molar-refractivity contribution in [2.45, 2.75) is 57.3 Å². The second-order valence-corrected chi connectivity index (χ2v) is 10.3. The van der Waals surface area contributed by atoms with E-state index in [2.05, 4.69) is 41.2 Å². The lowest BCUT2D eigenvalue weighted by Gasteiger charge is -2.63. The molecule has 3 nitrogen and oxygen atoms in total. The number of hydrogen-bond acceptors (Lipinski definition) is 2. The molecule has 4 saturated carbocycles. The first-order chi connectivity index (χ1) is 15.7. The summed E-state index contributed by atoms with van der Waals surface area (Å²) in [5.41, 5.74) is 1.91. The van der Waals surface area contributed by atoms with E-state index >= 15 is 0 Å². The number of halogens is 3. The van der Waals surface area contributed by atoms with Gasteiger partial charge < -0.3 is 10.1 Å². The molecular weight excluding hydrogens is 427 g/mol. The van der Waals surface area contributed by atoms with Crippen molar-refractivity contribution < 1.29 is 22.7 Å². The first-order valence-corrected chi connectivity index (χ1v) is 11.9. The van der Waals surface area contributed by atoms with Gasteiger partial charge in [-0.25, -0.2) is 0 Å². The number of carbonyl (C=O) groups excluding carboxylic acids is 1. The molecule has 0 atom stereocenters. The lowest BCUT2D eigenvalue weighted by molar-refractivity contribution is -0.274. The van der Waals surface area contributed by atoms with E-state index in [-0.39, 0.29) is 23.6 Å². The molecule has 4 bridgehead atoms. The number of nitrogens with one attached hydrogen (secondary N) is 1. The van der Waals surface area contributed by atoms with Crippen LogP contribution in [0.15, 0.2) is 54.6 Å². The van der Waals surface area contributed by atoms with Crippen LogP contribution in [0.4, 0.5) is 13.2 Å².